The van der Waals surface area contributed by atoms with Crippen LogP contribution in [0, 0.1) is 0 Å². The van der Waals surface area contributed by atoms with Gasteiger partial charge in [-0.25, -0.2) is 5.84 Å². The van der Waals surface area contributed by atoms with Crippen molar-refractivity contribution >= 4 is 5.91 Å². The molecule has 0 spiro atoms. The van der Waals surface area contributed by atoms with Crippen molar-refractivity contribution in [2.45, 2.75) is 45.2 Å². The van der Waals surface area contributed by atoms with Crippen molar-refractivity contribution in [1.29, 1.82) is 0 Å². The monoisotopic (exact) mass is 229 g/mol. The molecule has 5 heteroatoms. The summed E-state index contributed by atoms with van der Waals surface area (Å²) in [7, 11) is 0. The Labute approximate surface area is 97.3 Å². The summed E-state index contributed by atoms with van der Waals surface area (Å²) in [6.45, 7) is 6.90. The Kier molecular flexibility index (Phi) is 5.73. The van der Waals surface area contributed by atoms with Gasteiger partial charge in [-0.05, 0) is 19.8 Å². The second kappa shape index (κ2) is 6.83. The molecule has 3 N–H and O–H groups in total. The van der Waals surface area contributed by atoms with Crippen LogP contribution in [0.1, 0.15) is 33.1 Å². The molecule has 1 aliphatic heterocycles. The third-order valence-electron chi connectivity index (χ3n) is 3.26. The van der Waals surface area contributed by atoms with Gasteiger partial charge in [-0.3, -0.25) is 15.1 Å². The average molecular weight is 229 g/mol. The standard InChI is InChI=1S/C11H23N3O2/c1-3-10-8-16-7-6-14(10)9(2)4-5-11(15)13-12/h9-10H,3-8,12H2,1-2H3,(H,13,15). The molecule has 0 aromatic carbocycles. The summed E-state index contributed by atoms with van der Waals surface area (Å²) in [5.41, 5.74) is 2.17. The van der Waals surface area contributed by atoms with Gasteiger partial charge in [-0.2, -0.15) is 0 Å². The number of ether oxygens (including phenoxy) is 1. The predicted molar refractivity (Wildman–Crippen MR) is 62.6 cm³/mol. The van der Waals surface area contributed by atoms with Crippen LogP contribution in [-0.2, 0) is 9.53 Å². The fraction of sp³-hybridized carbons (Fsp3) is 0.909. The molecule has 16 heavy (non-hydrogen) atoms. The number of nitrogens with one attached hydrogen (secondary N) is 1. The number of hydrazine groups is 1. The Bertz CT molecular complexity index is 223. The van der Waals surface area contributed by atoms with Crippen molar-refractivity contribution in [3.63, 3.8) is 0 Å². The minimum atomic E-state index is -0.0897. The molecule has 94 valence electrons. The lowest BCUT2D eigenvalue weighted by Crippen LogP contribution is -2.49. The van der Waals surface area contributed by atoms with Gasteiger partial charge < -0.3 is 4.74 Å². The summed E-state index contributed by atoms with van der Waals surface area (Å²) in [6.07, 6.45) is 2.43. The lowest BCUT2D eigenvalue weighted by atomic mass is 10.1. The smallest absolute Gasteiger partial charge is 0.233 e. The molecule has 2 unspecified atom stereocenters. The Hall–Kier alpha value is -0.650. The number of amides is 1. The first-order chi connectivity index (χ1) is 7.69. The van der Waals surface area contributed by atoms with Crippen molar-refractivity contribution in [2.24, 2.45) is 5.84 Å². The number of nitrogens with zero attached hydrogens (tertiary/aromatic N) is 1. The van der Waals surface area contributed by atoms with E-state index in [1.807, 2.05) is 0 Å². The van der Waals surface area contributed by atoms with Crippen LogP contribution in [-0.4, -0.2) is 42.6 Å². The highest BCUT2D eigenvalue weighted by atomic mass is 16.5. The molecular weight excluding hydrogens is 206 g/mol. The van der Waals surface area contributed by atoms with Crippen LogP contribution >= 0.6 is 0 Å². The zero-order valence-electron chi connectivity index (χ0n) is 10.2. The summed E-state index contributed by atoms with van der Waals surface area (Å²) in [4.78, 5) is 13.5. The molecule has 0 aromatic rings. The van der Waals surface area contributed by atoms with E-state index in [0.717, 1.165) is 32.6 Å². The van der Waals surface area contributed by atoms with Gasteiger partial charge in [-0.15, -0.1) is 0 Å². The second-order valence-electron chi connectivity index (χ2n) is 4.33. The van der Waals surface area contributed by atoms with Gasteiger partial charge in [0.25, 0.3) is 0 Å². The molecule has 0 aliphatic carbocycles. The molecule has 1 fully saturated rings. The Morgan fingerprint density at radius 1 is 1.69 bits per heavy atom. The van der Waals surface area contributed by atoms with Crippen LogP contribution < -0.4 is 11.3 Å². The van der Waals surface area contributed by atoms with Crippen molar-refractivity contribution in [2.75, 3.05) is 19.8 Å². The van der Waals surface area contributed by atoms with Crippen LogP contribution in [0.25, 0.3) is 0 Å². The molecule has 1 saturated heterocycles. The fourth-order valence-corrected chi connectivity index (χ4v) is 2.18. The fourth-order valence-electron chi connectivity index (χ4n) is 2.18. The number of rotatable bonds is 5. The van der Waals surface area contributed by atoms with E-state index in [9.17, 15) is 4.79 Å². The third kappa shape index (κ3) is 3.73. The molecular formula is C11H23N3O2. The Balaban J connectivity index is 2.38. The molecule has 2 atom stereocenters. The Morgan fingerprint density at radius 3 is 3.06 bits per heavy atom. The van der Waals surface area contributed by atoms with E-state index in [2.05, 4.69) is 24.2 Å². The highest BCUT2D eigenvalue weighted by Gasteiger charge is 2.25. The minimum absolute atomic E-state index is 0.0897. The van der Waals surface area contributed by atoms with Crippen LogP contribution in [0.4, 0.5) is 0 Å². The van der Waals surface area contributed by atoms with E-state index in [1.54, 1.807) is 0 Å². The maximum atomic E-state index is 11.1. The zero-order chi connectivity index (χ0) is 12.0. The van der Waals surface area contributed by atoms with Crippen LogP contribution in [0.2, 0.25) is 0 Å². The molecule has 1 heterocycles. The summed E-state index contributed by atoms with van der Waals surface area (Å²) in [6, 6.07) is 0.899. The number of hydrogen-bond donors (Lipinski definition) is 2. The maximum absolute atomic E-state index is 11.1. The highest BCUT2D eigenvalue weighted by molar-refractivity contribution is 5.75. The summed E-state index contributed by atoms with van der Waals surface area (Å²) >= 11 is 0. The number of nitrogens with two attached hydrogens (primary N) is 1. The molecule has 1 amide bonds. The van der Waals surface area contributed by atoms with Crippen LogP contribution in [0.15, 0.2) is 0 Å². The van der Waals surface area contributed by atoms with Gasteiger partial charge in [-0.1, -0.05) is 6.92 Å². The minimum Gasteiger partial charge on any atom is -0.378 e. The van der Waals surface area contributed by atoms with Gasteiger partial charge in [0.2, 0.25) is 5.91 Å². The maximum Gasteiger partial charge on any atom is 0.233 e. The summed E-state index contributed by atoms with van der Waals surface area (Å²) in [5.74, 6) is 4.97. The first kappa shape index (κ1) is 13.4. The molecule has 0 saturated carbocycles. The van der Waals surface area contributed by atoms with Gasteiger partial charge >= 0.3 is 0 Å². The van der Waals surface area contributed by atoms with Gasteiger partial charge in [0.15, 0.2) is 0 Å². The number of carbonyl (C=O) groups excluding carboxylic acids is 1. The van der Waals surface area contributed by atoms with E-state index in [0.29, 0.717) is 18.5 Å². The second-order valence-corrected chi connectivity index (χ2v) is 4.33. The van der Waals surface area contributed by atoms with Crippen molar-refractivity contribution in [3.8, 4) is 0 Å². The van der Waals surface area contributed by atoms with Crippen LogP contribution in [0.5, 0.6) is 0 Å². The summed E-state index contributed by atoms with van der Waals surface area (Å²) in [5, 5.41) is 0. The topological polar surface area (TPSA) is 67.6 Å². The van der Waals surface area contributed by atoms with Crippen LogP contribution in [0.3, 0.4) is 0 Å². The normalized spacial score (nSPS) is 24.1. The van der Waals surface area contributed by atoms with E-state index in [-0.39, 0.29) is 5.91 Å². The Morgan fingerprint density at radius 2 is 2.44 bits per heavy atom. The lowest BCUT2D eigenvalue weighted by Gasteiger charge is -2.39. The SMILES string of the molecule is CCC1COCCN1C(C)CCC(=O)NN. The number of hydrogen-bond acceptors (Lipinski definition) is 4. The van der Waals surface area contributed by atoms with E-state index >= 15 is 0 Å². The molecule has 0 radical (unpaired) electrons. The lowest BCUT2D eigenvalue weighted by molar-refractivity contribution is -0.121. The zero-order valence-corrected chi connectivity index (χ0v) is 10.2. The van der Waals surface area contributed by atoms with Crippen molar-refractivity contribution in [3.05, 3.63) is 0 Å². The molecule has 1 rings (SSSR count). The summed E-state index contributed by atoms with van der Waals surface area (Å²) < 4.78 is 5.46. The largest absolute Gasteiger partial charge is 0.378 e. The van der Waals surface area contributed by atoms with Gasteiger partial charge in [0.05, 0.1) is 13.2 Å². The van der Waals surface area contributed by atoms with E-state index < -0.39 is 0 Å². The highest BCUT2D eigenvalue weighted by Crippen LogP contribution is 2.16. The van der Waals surface area contributed by atoms with Crippen molar-refractivity contribution in [1.82, 2.24) is 10.3 Å². The number of carbonyl (C=O) groups is 1. The third-order valence-corrected chi connectivity index (χ3v) is 3.26. The predicted octanol–water partition coefficient (Wildman–Crippen LogP) is 0.256. The van der Waals surface area contributed by atoms with E-state index in [4.69, 9.17) is 10.6 Å². The molecule has 5 nitrogen and oxygen atoms in total. The molecule has 0 bridgehead atoms. The first-order valence-electron chi connectivity index (χ1n) is 6.02. The number of morpholine rings is 1. The molecule has 1 aliphatic rings. The molecule has 0 aromatic heterocycles. The van der Waals surface area contributed by atoms with Gasteiger partial charge in [0, 0.05) is 25.0 Å². The van der Waals surface area contributed by atoms with Crippen molar-refractivity contribution < 1.29 is 9.53 Å². The van der Waals surface area contributed by atoms with E-state index in [1.165, 1.54) is 0 Å². The van der Waals surface area contributed by atoms with Gasteiger partial charge in [0.1, 0.15) is 0 Å². The average Bonchev–Trinajstić information content (AvgIpc) is 2.35. The first-order valence-corrected chi connectivity index (χ1v) is 6.02. The quantitative estimate of drug-likeness (QED) is 0.403.